The van der Waals surface area contributed by atoms with Crippen LogP contribution in [0.15, 0.2) is 0 Å². The first kappa shape index (κ1) is 16.9. The minimum absolute atomic E-state index is 0.372. The van der Waals surface area contributed by atoms with Crippen LogP contribution in [0.25, 0.3) is 0 Å². The van der Waals surface area contributed by atoms with Crippen molar-refractivity contribution in [2.45, 2.75) is 38.9 Å². The van der Waals surface area contributed by atoms with Crippen LogP contribution in [0, 0.1) is 5.92 Å². The maximum absolute atomic E-state index is 12.0. The summed E-state index contributed by atoms with van der Waals surface area (Å²) < 4.78 is 26.9. The van der Waals surface area contributed by atoms with E-state index in [1.54, 1.807) is 6.92 Å². The summed E-state index contributed by atoms with van der Waals surface area (Å²) in [5.74, 6) is 0.490. The van der Waals surface area contributed by atoms with Crippen molar-refractivity contribution in [2.24, 2.45) is 5.92 Å². The van der Waals surface area contributed by atoms with Crippen LogP contribution >= 0.6 is 0 Å². The van der Waals surface area contributed by atoms with Crippen LogP contribution in [0.4, 0.5) is 0 Å². The molecule has 0 aromatic carbocycles. The van der Waals surface area contributed by atoms with E-state index < -0.39 is 10.0 Å². The monoisotopic (exact) mass is 291 g/mol. The lowest BCUT2D eigenvalue weighted by Gasteiger charge is -2.31. The molecule has 19 heavy (non-hydrogen) atoms. The number of sulfonamides is 1. The largest absolute Gasteiger partial charge is 0.316 e. The van der Waals surface area contributed by atoms with Gasteiger partial charge in [-0.1, -0.05) is 13.8 Å². The maximum atomic E-state index is 12.0. The molecule has 5 nitrogen and oxygen atoms in total. The van der Waals surface area contributed by atoms with Gasteiger partial charge in [0.1, 0.15) is 0 Å². The van der Waals surface area contributed by atoms with Gasteiger partial charge >= 0.3 is 0 Å². The number of nitrogens with one attached hydrogen (secondary N) is 2. The molecule has 1 heterocycles. The summed E-state index contributed by atoms with van der Waals surface area (Å²) in [7, 11) is -3.18. The summed E-state index contributed by atoms with van der Waals surface area (Å²) in [5.41, 5.74) is 0. The minimum Gasteiger partial charge on any atom is -0.316 e. The Hall–Kier alpha value is -0.170. The number of rotatable bonds is 8. The molecule has 0 saturated carbocycles. The molecule has 0 spiro atoms. The molecule has 0 bridgehead atoms. The summed E-state index contributed by atoms with van der Waals surface area (Å²) in [6, 6.07) is 0. The van der Waals surface area contributed by atoms with Crippen LogP contribution in [0.5, 0.6) is 0 Å². The zero-order valence-corrected chi connectivity index (χ0v) is 13.3. The van der Waals surface area contributed by atoms with E-state index >= 15 is 0 Å². The molecule has 1 rings (SSSR count). The fraction of sp³-hybridized carbons (Fsp3) is 1.00. The Bertz CT molecular complexity index is 338. The molecule has 114 valence electrons. The van der Waals surface area contributed by atoms with Crippen molar-refractivity contribution in [1.82, 2.24) is 14.9 Å². The molecule has 1 unspecified atom stereocenters. The average molecular weight is 291 g/mol. The highest BCUT2D eigenvalue weighted by Crippen LogP contribution is 2.16. The third kappa shape index (κ3) is 5.77. The van der Waals surface area contributed by atoms with E-state index in [0.29, 0.717) is 19.0 Å². The zero-order valence-electron chi connectivity index (χ0n) is 12.5. The van der Waals surface area contributed by atoms with E-state index in [0.717, 1.165) is 39.0 Å². The minimum atomic E-state index is -3.18. The van der Waals surface area contributed by atoms with Gasteiger partial charge in [0.05, 0.1) is 5.25 Å². The Labute approximate surface area is 118 Å². The molecule has 1 aliphatic rings. The second-order valence-corrected chi connectivity index (χ2v) is 7.57. The van der Waals surface area contributed by atoms with Crippen LogP contribution in [-0.4, -0.2) is 57.8 Å². The van der Waals surface area contributed by atoms with Crippen molar-refractivity contribution in [1.29, 1.82) is 0 Å². The van der Waals surface area contributed by atoms with E-state index in [1.165, 1.54) is 0 Å². The average Bonchev–Trinajstić information content (AvgIpc) is 2.43. The van der Waals surface area contributed by atoms with Gasteiger partial charge in [-0.15, -0.1) is 0 Å². The molecule has 1 aliphatic heterocycles. The van der Waals surface area contributed by atoms with E-state index in [4.69, 9.17) is 0 Å². The fourth-order valence-electron chi connectivity index (χ4n) is 2.34. The predicted octanol–water partition coefficient (Wildman–Crippen LogP) is 0.636. The van der Waals surface area contributed by atoms with E-state index in [2.05, 4.69) is 21.9 Å². The first-order chi connectivity index (χ1) is 8.99. The highest BCUT2D eigenvalue weighted by molar-refractivity contribution is 7.90. The molecule has 6 heteroatoms. The normalized spacial score (nSPS) is 20.6. The Kier molecular flexibility index (Phi) is 7.28. The van der Waals surface area contributed by atoms with Crippen LogP contribution in [0.2, 0.25) is 0 Å². The SMILES string of the molecule is CCNCC(C)S(=O)(=O)NCC1CCN(CC)CC1. The van der Waals surface area contributed by atoms with Crippen molar-refractivity contribution >= 4 is 10.0 Å². The summed E-state index contributed by atoms with van der Waals surface area (Å²) in [5, 5.41) is 2.71. The molecule has 2 N–H and O–H groups in total. The van der Waals surface area contributed by atoms with Crippen molar-refractivity contribution in [3.8, 4) is 0 Å². The van der Waals surface area contributed by atoms with Crippen LogP contribution in [-0.2, 0) is 10.0 Å². The van der Waals surface area contributed by atoms with E-state index in [1.807, 2.05) is 6.92 Å². The standard InChI is InChI=1S/C13H29N3O2S/c1-4-14-10-12(3)19(17,18)15-11-13-6-8-16(5-2)9-7-13/h12-15H,4-11H2,1-3H3. The molecule has 0 aromatic rings. The van der Waals surface area contributed by atoms with Gasteiger partial charge in [-0.2, -0.15) is 0 Å². The molecule has 1 fully saturated rings. The van der Waals surface area contributed by atoms with Gasteiger partial charge in [0.2, 0.25) is 10.0 Å². The number of hydrogen-bond acceptors (Lipinski definition) is 4. The quantitative estimate of drug-likeness (QED) is 0.689. The molecule has 0 aliphatic carbocycles. The Balaban J connectivity index is 2.31. The molecule has 0 amide bonds. The molecular formula is C13H29N3O2S. The third-order valence-electron chi connectivity index (χ3n) is 3.94. The van der Waals surface area contributed by atoms with Crippen molar-refractivity contribution in [3.63, 3.8) is 0 Å². The van der Waals surface area contributed by atoms with Gasteiger partial charge in [-0.05, 0) is 51.9 Å². The Morgan fingerprint density at radius 3 is 2.42 bits per heavy atom. The Morgan fingerprint density at radius 2 is 1.89 bits per heavy atom. The number of likely N-dealkylation sites (tertiary alicyclic amines) is 1. The van der Waals surface area contributed by atoms with Gasteiger partial charge in [-0.25, -0.2) is 13.1 Å². The van der Waals surface area contributed by atoms with Gasteiger partial charge in [0, 0.05) is 13.1 Å². The molecule has 1 atom stereocenters. The van der Waals surface area contributed by atoms with Gasteiger partial charge in [0.15, 0.2) is 0 Å². The second-order valence-electron chi connectivity index (χ2n) is 5.39. The summed E-state index contributed by atoms with van der Waals surface area (Å²) in [4.78, 5) is 2.42. The van der Waals surface area contributed by atoms with Gasteiger partial charge in [-0.3, -0.25) is 0 Å². The number of piperidine rings is 1. The lowest BCUT2D eigenvalue weighted by Crippen LogP contribution is -2.43. The Morgan fingerprint density at radius 1 is 1.26 bits per heavy atom. The van der Waals surface area contributed by atoms with Crippen molar-refractivity contribution < 1.29 is 8.42 Å². The van der Waals surface area contributed by atoms with Crippen LogP contribution < -0.4 is 10.0 Å². The zero-order chi connectivity index (χ0) is 14.3. The van der Waals surface area contributed by atoms with E-state index in [-0.39, 0.29) is 5.25 Å². The number of nitrogens with zero attached hydrogens (tertiary/aromatic N) is 1. The smallest absolute Gasteiger partial charge is 0.215 e. The van der Waals surface area contributed by atoms with Crippen LogP contribution in [0.3, 0.4) is 0 Å². The topological polar surface area (TPSA) is 61.4 Å². The summed E-state index contributed by atoms with van der Waals surface area (Å²) in [6.07, 6.45) is 2.19. The predicted molar refractivity (Wildman–Crippen MR) is 79.8 cm³/mol. The molecule has 0 aromatic heterocycles. The third-order valence-corrected chi connectivity index (χ3v) is 5.73. The van der Waals surface area contributed by atoms with Crippen LogP contribution in [0.1, 0.15) is 33.6 Å². The highest BCUT2D eigenvalue weighted by Gasteiger charge is 2.23. The first-order valence-corrected chi connectivity index (χ1v) is 8.95. The highest BCUT2D eigenvalue weighted by atomic mass is 32.2. The van der Waals surface area contributed by atoms with Crippen molar-refractivity contribution in [3.05, 3.63) is 0 Å². The molecule has 1 saturated heterocycles. The van der Waals surface area contributed by atoms with Gasteiger partial charge in [0.25, 0.3) is 0 Å². The fourth-order valence-corrected chi connectivity index (χ4v) is 3.43. The number of hydrogen-bond donors (Lipinski definition) is 2. The molecule has 0 radical (unpaired) electrons. The maximum Gasteiger partial charge on any atom is 0.215 e. The lowest BCUT2D eigenvalue weighted by atomic mass is 9.97. The van der Waals surface area contributed by atoms with E-state index in [9.17, 15) is 8.42 Å². The second kappa shape index (κ2) is 8.19. The summed E-state index contributed by atoms with van der Waals surface area (Å²) in [6.45, 7) is 11.1. The molecular weight excluding hydrogens is 262 g/mol. The summed E-state index contributed by atoms with van der Waals surface area (Å²) >= 11 is 0. The van der Waals surface area contributed by atoms with Crippen molar-refractivity contribution in [2.75, 3.05) is 39.3 Å². The lowest BCUT2D eigenvalue weighted by molar-refractivity contribution is 0.193. The van der Waals surface area contributed by atoms with Gasteiger partial charge < -0.3 is 10.2 Å². The first-order valence-electron chi connectivity index (χ1n) is 7.41.